The van der Waals surface area contributed by atoms with Crippen LogP contribution < -0.4 is 19.7 Å². The molecule has 2 aromatic carbocycles. The van der Waals surface area contributed by atoms with E-state index < -0.39 is 12.0 Å². The minimum atomic E-state index is -0.690. The zero-order valence-corrected chi connectivity index (χ0v) is 17.7. The summed E-state index contributed by atoms with van der Waals surface area (Å²) in [5.41, 5.74) is 1.98. The van der Waals surface area contributed by atoms with Crippen molar-refractivity contribution >= 4 is 29.0 Å². The van der Waals surface area contributed by atoms with Gasteiger partial charge in [-0.25, -0.2) is 9.18 Å². The lowest BCUT2D eigenvalue weighted by atomic mass is 9.94. The highest BCUT2D eigenvalue weighted by Gasteiger charge is 2.36. The normalized spacial score (nSPS) is 16.2. The fourth-order valence-electron chi connectivity index (χ4n) is 3.35. The molecule has 1 aliphatic rings. The number of aromatic hydroxyl groups is 1. The van der Waals surface area contributed by atoms with E-state index in [0.717, 1.165) is 0 Å². The van der Waals surface area contributed by atoms with Crippen LogP contribution in [0.5, 0.6) is 17.2 Å². The Kier molecular flexibility index (Phi) is 6.12. The van der Waals surface area contributed by atoms with Crippen LogP contribution in [0.15, 0.2) is 47.7 Å². The molecule has 0 saturated carbocycles. The highest BCUT2D eigenvalue weighted by atomic mass is 32.1. The number of allylic oxidation sites excluding steroid dienone is 1. The zero-order valence-electron chi connectivity index (χ0n) is 16.9. The summed E-state index contributed by atoms with van der Waals surface area (Å²) in [5.74, 6) is -0.744. The largest absolute Gasteiger partial charge is 0.502 e. The predicted molar refractivity (Wildman–Crippen MR) is 113 cm³/mol. The topological polar surface area (TPSA) is 80.3 Å². The van der Waals surface area contributed by atoms with Gasteiger partial charge in [-0.3, -0.25) is 4.90 Å². The maximum Gasteiger partial charge on any atom is 0.337 e. The van der Waals surface area contributed by atoms with Crippen molar-refractivity contribution in [1.82, 2.24) is 5.32 Å². The molecule has 158 valence electrons. The summed E-state index contributed by atoms with van der Waals surface area (Å²) >= 11 is 5.54. The SMILES string of the molecule is COC(=O)C1=C(C)N(c2ccc(F)cc2)C(=S)NC1c1cc(OC)c(O)c(OC)c1. The summed E-state index contributed by atoms with van der Waals surface area (Å²) in [6.07, 6.45) is 0. The molecule has 2 aromatic rings. The van der Waals surface area contributed by atoms with Gasteiger partial charge in [-0.15, -0.1) is 0 Å². The van der Waals surface area contributed by atoms with Crippen LogP contribution in [0.1, 0.15) is 18.5 Å². The zero-order chi connectivity index (χ0) is 22.0. The fourth-order valence-corrected chi connectivity index (χ4v) is 3.71. The van der Waals surface area contributed by atoms with Crippen LogP contribution in [0, 0.1) is 5.82 Å². The molecule has 0 fully saturated rings. The number of ether oxygens (including phenoxy) is 3. The summed E-state index contributed by atoms with van der Waals surface area (Å²) in [4.78, 5) is 14.3. The van der Waals surface area contributed by atoms with Crippen LogP contribution in [0.25, 0.3) is 0 Å². The van der Waals surface area contributed by atoms with Gasteiger partial charge in [0.15, 0.2) is 16.6 Å². The molecular weight excluding hydrogens is 411 g/mol. The van der Waals surface area contributed by atoms with Gasteiger partial charge in [-0.2, -0.15) is 0 Å². The van der Waals surface area contributed by atoms with E-state index in [0.29, 0.717) is 27.6 Å². The second-order valence-corrected chi connectivity index (χ2v) is 6.85. The first-order chi connectivity index (χ1) is 14.3. The quantitative estimate of drug-likeness (QED) is 0.550. The number of carbonyl (C=O) groups is 1. The van der Waals surface area contributed by atoms with E-state index in [1.807, 2.05) is 0 Å². The Labute approximate surface area is 178 Å². The molecule has 1 atom stereocenters. The van der Waals surface area contributed by atoms with Crippen molar-refractivity contribution in [1.29, 1.82) is 0 Å². The number of thiocarbonyl (C=S) groups is 1. The van der Waals surface area contributed by atoms with Gasteiger partial charge < -0.3 is 24.6 Å². The molecule has 0 spiro atoms. The Morgan fingerprint density at radius 1 is 1.13 bits per heavy atom. The van der Waals surface area contributed by atoms with E-state index in [9.17, 15) is 14.3 Å². The number of nitrogens with zero attached hydrogens (tertiary/aromatic N) is 1. The highest BCUT2D eigenvalue weighted by Crippen LogP contribution is 2.42. The van der Waals surface area contributed by atoms with Gasteiger partial charge in [0.25, 0.3) is 0 Å². The van der Waals surface area contributed by atoms with Crippen molar-refractivity contribution in [2.45, 2.75) is 13.0 Å². The third-order valence-corrected chi connectivity index (χ3v) is 5.11. The first kappa shape index (κ1) is 21.4. The Bertz CT molecular complexity index is 998. The van der Waals surface area contributed by atoms with Crippen molar-refractivity contribution in [3.8, 4) is 17.2 Å². The maximum absolute atomic E-state index is 13.4. The average molecular weight is 432 g/mol. The van der Waals surface area contributed by atoms with Gasteiger partial charge >= 0.3 is 5.97 Å². The highest BCUT2D eigenvalue weighted by molar-refractivity contribution is 7.80. The number of benzene rings is 2. The third kappa shape index (κ3) is 3.76. The van der Waals surface area contributed by atoms with Gasteiger partial charge in [0, 0.05) is 11.4 Å². The van der Waals surface area contributed by atoms with Crippen molar-refractivity contribution < 1.29 is 28.5 Å². The number of phenols is 1. The number of carbonyl (C=O) groups excluding carboxylic acids is 1. The van der Waals surface area contributed by atoms with Crippen LogP contribution in [0.4, 0.5) is 10.1 Å². The molecule has 0 radical (unpaired) electrons. The number of methoxy groups -OCH3 is 3. The van der Waals surface area contributed by atoms with E-state index in [1.54, 1.807) is 36.1 Å². The van der Waals surface area contributed by atoms with E-state index in [1.165, 1.54) is 33.5 Å². The molecule has 0 aromatic heterocycles. The molecule has 0 aliphatic carbocycles. The first-order valence-corrected chi connectivity index (χ1v) is 9.33. The molecular formula is C21H21FN2O5S. The number of anilines is 1. The molecule has 9 heteroatoms. The summed E-state index contributed by atoms with van der Waals surface area (Å²) in [5, 5.41) is 13.6. The standard InChI is InChI=1S/C21H21FN2O5S/c1-11-17(20(26)29-4)18(12-9-15(27-2)19(25)16(10-12)28-3)23-21(30)24(11)14-7-5-13(22)6-8-14/h5-10,18,25H,1-4H3,(H,23,30). The van der Waals surface area contributed by atoms with Crippen LogP contribution >= 0.6 is 12.2 Å². The smallest absolute Gasteiger partial charge is 0.337 e. The number of hydrogen-bond acceptors (Lipinski definition) is 6. The van der Waals surface area contributed by atoms with E-state index in [-0.39, 0.29) is 23.1 Å². The van der Waals surface area contributed by atoms with Crippen molar-refractivity contribution in [3.63, 3.8) is 0 Å². The first-order valence-electron chi connectivity index (χ1n) is 8.92. The molecule has 0 amide bonds. The van der Waals surface area contributed by atoms with Gasteiger partial charge in [0.05, 0.1) is 32.9 Å². The molecule has 1 heterocycles. The van der Waals surface area contributed by atoms with E-state index >= 15 is 0 Å². The number of rotatable bonds is 5. The Balaban J connectivity index is 2.18. The minimum Gasteiger partial charge on any atom is -0.502 e. The van der Waals surface area contributed by atoms with Crippen LogP contribution in [-0.2, 0) is 9.53 Å². The van der Waals surface area contributed by atoms with E-state index in [2.05, 4.69) is 5.32 Å². The van der Waals surface area contributed by atoms with Crippen molar-refractivity contribution in [2.75, 3.05) is 26.2 Å². The number of hydrogen-bond donors (Lipinski definition) is 2. The van der Waals surface area contributed by atoms with Gasteiger partial charge in [-0.1, -0.05) is 0 Å². The number of phenolic OH excluding ortho intramolecular Hbond substituents is 1. The third-order valence-electron chi connectivity index (χ3n) is 4.81. The lowest BCUT2D eigenvalue weighted by molar-refractivity contribution is -0.136. The Morgan fingerprint density at radius 3 is 2.20 bits per heavy atom. The second kappa shape index (κ2) is 8.58. The fraction of sp³-hybridized carbons (Fsp3) is 0.238. The number of halogens is 1. The molecule has 7 nitrogen and oxygen atoms in total. The van der Waals surface area contributed by atoms with E-state index in [4.69, 9.17) is 26.4 Å². The molecule has 30 heavy (non-hydrogen) atoms. The maximum atomic E-state index is 13.4. The minimum absolute atomic E-state index is 0.157. The molecule has 0 bridgehead atoms. The van der Waals surface area contributed by atoms with Crippen LogP contribution in [0.3, 0.4) is 0 Å². The van der Waals surface area contributed by atoms with Crippen molar-refractivity contribution in [3.05, 3.63) is 59.0 Å². The second-order valence-electron chi connectivity index (χ2n) is 6.46. The molecule has 3 rings (SSSR count). The Morgan fingerprint density at radius 2 is 1.70 bits per heavy atom. The lowest BCUT2D eigenvalue weighted by Crippen LogP contribution is -2.48. The molecule has 1 unspecified atom stereocenters. The summed E-state index contributed by atoms with van der Waals surface area (Å²) in [6, 6.07) is 8.23. The van der Waals surface area contributed by atoms with Gasteiger partial charge in [-0.05, 0) is 61.1 Å². The van der Waals surface area contributed by atoms with Crippen molar-refractivity contribution in [2.24, 2.45) is 0 Å². The lowest BCUT2D eigenvalue weighted by Gasteiger charge is -2.37. The summed E-state index contributed by atoms with van der Waals surface area (Å²) in [6.45, 7) is 1.73. The Hall–Kier alpha value is -3.33. The van der Waals surface area contributed by atoms with Crippen LogP contribution in [0.2, 0.25) is 0 Å². The monoisotopic (exact) mass is 432 g/mol. The predicted octanol–water partition coefficient (Wildman–Crippen LogP) is 3.43. The average Bonchev–Trinajstić information content (AvgIpc) is 2.74. The molecule has 0 saturated heterocycles. The summed E-state index contributed by atoms with van der Waals surface area (Å²) < 4.78 is 28.8. The number of nitrogens with one attached hydrogen (secondary N) is 1. The number of esters is 1. The molecule has 2 N–H and O–H groups in total. The summed E-state index contributed by atoms with van der Waals surface area (Å²) in [7, 11) is 4.11. The van der Waals surface area contributed by atoms with Gasteiger partial charge in [0.1, 0.15) is 5.82 Å². The molecule has 1 aliphatic heterocycles. The van der Waals surface area contributed by atoms with Gasteiger partial charge in [0.2, 0.25) is 5.75 Å². The van der Waals surface area contributed by atoms with Crippen LogP contribution in [-0.4, -0.2) is 37.5 Å².